The number of hydrogen-bond acceptors (Lipinski definition) is 6. The van der Waals surface area contributed by atoms with Crippen molar-refractivity contribution >= 4 is 21.4 Å². The van der Waals surface area contributed by atoms with Crippen LogP contribution >= 0.6 is 11.3 Å². The fourth-order valence-electron chi connectivity index (χ4n) is 1.19. The molecule has 2 aromatic heterocycles. The fraction of sp³-hybridized carbons (Fsp3) is 0.100. The first-order chi connectivity index (χ1) is 8.62. The Kier molecular flexibility index (Phi) is 3.66. The third-order valence-corrected chi connectivity index (χ3v) is 4.22. The number of thiazole rings is 1. The summed E-state index contributed by atoms with van der Waals surface area (Å²) in [6, 6.07) is 4.53. The van der Waals surface area contributed by atoms with Crippen LogP contribution in [0.25, 0.3) is 0 Å². The largest absolute Gasteiger partial charge is 0.248 e. The molecule has 0 unspecified atom stereocenters. The highest BCUT2D eigenvalue weighted by Crippen LogP contribution is 2.09. The molecule has 0 saturated carbocycles. The number of aromatic nitrogens is 2. The van der Waals surface area contributed by atoms with Crippen molar-refractivity contribution in [3.8, 4) is 6.07 Å². The molecule has 0 aliphatic carbocycles. The van der Waals surface area contributed by atoms with Gasteiger partial charge in [0.15, 0.2) is 0 Å². The van der Waals surface area contributed by atoms with Crippen LogP contribution in [0.4, 0.5) is 0 Å². The van der Waals surface area contributed by atoms with E-state index in [1.54, 1.807) is 11.6 Å². The van der Waals surface area contributed by atoms with Gasteiger partial charge in [-0.3, -0.25) is 0 Å². The van der Waals surface area contributed by atoms with E-state index >= 15 is 0 Å². The lowest BCUT2D eigenvalue weighted by Crippen LogP contribution is -2.23. The highest BCUT2D eigenvalue weighted by atomic mass is 32.2. The maximum atomic E-state index is 11.9. The molecule has 0 aromatic carbocycles. The smallest absolute Gasteiger partial charge is 0.242 e. The molecule has 92 valence electrons. The Balaban J connectivity index is 2.13. The topological polar surface area (TPSA) is 95.7 Å². The Morgan fingerprint density at radius 3 is 2.78 bits per heavy atom. The number of nitriles is 1. The monoisotopic (exact) mass is 280 g/mol. The number of sulfonamides is 1. The maximum absolute atomic E-state index is 11.9. The van der Waals surface area contributed by atoms with Gasteiger partial charge in [0, 0.05) is 17.8 Å². The maximum Gasteiger partial charge on any atom is 0.242 e. The van der Waals surface area contributed by atoms with Crippen molar-refractivity contribution in [2.75, 3.05) is 0 Å². The Labute approximate surface area is 108 Å². The normalized spacial score (nSPS) is 11.1. The Morgan fingerprint density at radius 1 is 1.39 bits per heavy atom. The quantitative estimate of drug-likeness (QED) is 0.897. The predicted octanol–water partition coefficient (Wildman–Crippen LogP) is 0.888. The highest BCUT2D eigenvalue weighted by Gasteiger charge is 2.14. The first-order valence-electron chi connectivity index (χ1n) is 4.86. The SMILES string of the molecule is N#Cc1ccc(S(=O)(=O)NCc2nccs2)cn1. The van der Waals surface area contributed by atoms with Gasteiger partial charge in [0.05, 0.1) is 6.54 Å². The van der Waals surface area contributed by atoms with E-state index in [1.807, 2.05) is 6.07 Å². The summed E-state index contributed by atoms with van der Waals surface area (Å²) in [5.74, 6) is 0. The molecule has 0 fully saturated rings. The molecule has 0 aliphatic heterocycles. The van der Waals surface area contributed by atoms with E-state index in [-0.39, 0.29) is 17.1 Å². The Morgan fingerprint density at radius 2 is 2.22 bits per heavy atom. The van der Waals surface area contributed by atoms with Crippen LogP contribution in [0.5, 0.6) is 0 Å². The molecular formula is C10H8N4O2S2. The molecule has 2 aromatic rings. The molecule has 0 radical (unpaired) electrons. The summed E-state index contributed by atoms with van der Waals surface area (Å²) < 4.78 is 26.2. The van der Waals surface area contributed by atoms with Crippen LogP contribution in [0.1, 0.15) is 10.7 Å². The van der Waals surface area contributed by atoms with Crippen molar-refractivity contribution in [1.29, 1.82) is 5.26 Å². The van der Waals surface area contributed by atoms with Gasteiger partial charge in [-0.2, -0.15) is 5.26 Å². The van der Waals surface area contributed by atoms with Crippen LogP contribution in [0.15, 0.2) is 34.8 Å². The van der Waals surface area contributed by atoms with E-state index in [0.717, 1.165) is 6.20 Å². The summed E-state index contributed by atoms with van der Waals surface area (Å²) in [5, 5.41) is 11.0. The van der Waals surface area contributed by atoms with Gasteiger partial charge < -0.3 is 0 Å². The summed E-state index contributed by atoms with van der Waals surface area (Å²) in [5.41, 5.74) is 0.175. The minimum Gasteiger partial charge on any atom is -0.248 e. The molecule has 0 aliphatic rings. The first kappa shape index (κ1) is 12.6. The Bertz CT molecular complexity index is 657. The summed E-state index contributed by atoms with van der Waals surface area (Å²) in [7, 11) is -3.62. The van der Waals surface area contributed by atoms with Crippen LogP contribution in [-0.2, 0) is 16.6 Å². The predicted molar refractivity (Wildman–Crippen MR) is 65.1 cm³/mol. The zero-order valence-corrected chi connectivity index (χ0v) is 10.7. The summed E-state index contributed by atoms with van der Waals surface area (Å²) in [6.45, 7) is 0.139. The van der Waals surface area contributed by atoms with E-state index in [4.69, 9.17) is 5.26 Å². The molecule has 0 bridgehead atoms. The van der Waals surface area contributed by atoms with Gasteiger partial charge in [0.25, 0.3) is 0 Å². The third-order valence-electron chi connectivity index (χ3n) is 2.06. The van der Waals surface area contributed by atoms with E-state index in [9.17, 15) is 8.42 Å². The average molecular weight is 280 g/mol. The molecule has 6 nitrogen and oxygen atoms in total. The molecule has 0 spiro atoms. The minimum absolute atomic E-state index is 0.0260. The van der Waals surface area contributed by atoms with Crippen molar-refractivity contribution in [3.63, 3.8) is 0 Å². The molecule has 8 heteroatoms. The van der Waals surface area contributed by atoms with Crippen molar-refractivity contribution in [2.45, 2.75) is 11.4 Å². The molecule has 2 heterocycles. The Hall–Kier alpha value is -1.82. The number of rotatable bonds is 4. The van der Waals surface area contributed by atoms with Crippen LogP contribution in [0, 0.1) is 11.3 Å². The van der Waals surface area contributed by atoms with Gasteiger partial charge in [-0.15, -0.1) is 11.3 Å². The van der Waals surface area contributed by atoms with Crippen molar-refractivity contribution in [2.24, 2.45) is 0 Å². The minimum atomic E-state index is -3.62. The zero-order chi connectivity index (χ0) is 13.0. The van der Waals surface area contributed by atoms with Crippen molar-refractivity contribution in [3.05, 3.63) is 40.6 Å². The van der Waals surface area contributed by atoms with Crippen molar-refractivity contribution < 1.29 is 8.42 Å². The second-order valence-electron chi connectivity index (χ2n) is 3.24. The molecular weight excluding hydrogens is 272 g/mol. The van der Waals surface area contributed by atoms with Crippen LogP contribution in [0.2, 0.25) is 0 Å². The standard InChI is InChI=1S/C10H8N4O2S2/c11-5-8-1-2-9(6-13-8)18(15,16)14-7-10-12-3-4-17-10/h1-4,6,14H,7H2. The second-order valence-corrected chi connectivity index (χ2v) is 5.99. The number of nitrogens with zero attached hydrogens (tertiary/aromatic N) is 3. The summed E-state index contributed by atoms with van der Waals surface area (Å²) in [6.07, 6.45) is 2.76. The number of hydrogen-bond donors (Lipinski definition) is 1. The lowest BCUT2D eigenvalue weighted by molar-refractivity contribution is 0.580. The van der Waals surface area contributed by atoms with E-state index < -0.39 is 10.0 Å². The summed E-state index contributed by atoms with van der Waals surface area (Å²) in [4.78, 5) is 7.71. The third kappa shape index (κ3) is 2.89. The molecule has 1 N–H and O–H groups in total. The molecule has 0 amide bonds. The number of pyridine rings is 1. The molecule has 0 atom stereocenters. The van der Waals surface area contributed by atoms with Crippen molar-refractivity contribution in [1.82, 2.24) is 14.7 Å². The fourth-order valence-corrected chi connectivity index (χ4v) is 2.77. The van der Waals surface area contributed by atoms with Crippen LogP contribution in [0.3, 0.4) is 0 Å². The van der Waals surface area contributed by atoms with Gasteiger partial charge >= 0.3 is 0 Å². The second kappa shape index (κ2) is 5.22. The first-order valence-corrected chi connectivity index (χ1v) is 7.22. The zero-order valence-electron chi connectivity index (χ0n) is 9.07. The molecule has 2 rings (SSSR count). The van der Waals surface area contributed by atoms with Crippen LogP contribution in [-0.4, -0.2) is 18.4 Å². The van der Waals surface area contributed by atoms with Crippen LogP contribution < -0.4 is 4.72 Å². The van der Waals surface area contributed by atoms with Gasteiger partial charge in [-0.1, -0.05) is 0 Å². The summed E-state index contributed by atoms with van der Waals surface area (Å²) >= 11 is 1.37. The van der Waals surface area contributed by atoms with E-state index in [0.29, 0.717) is 5.01 Å². The molecule has 18 heavy (non-hydrogen) atoms. The average Bonchev–Trinajstić information content (AvgIpc) is 2.90. The van der Waals surface area contributed by atoms with Gasteiger partial charge in [0.2, 0.25) is 10.0 Å². The van der Waals surface area contributed by atoms with E-state index in [2.05, 4.69) is 14.7 Å². The lowest BCUT2D eigenvalue weighted by atomic mass is 10.4. The van der Waals surface area contributed by atoms with E-state index in [1.165, 1.54) is 23.5 Å². The van der Waals surface area contributed by atoms with Gasteiger partial charge in [0.1, 0.15) is 21.7 Å². The molecule has 0 saturated heterocycles. The number of nitrogens with one attached hydrogen (secondary N) is 1. The lowest BCUT2D eigenvalue weighted by Gasteiger charge is -2.04. The van der Waals surface area contributed by atoms with Gasteiger partial charge in [-0.25, -0.2) is 23.1 Å². The van der Waals surface area contributed by atoms with Gasteiger partial charge in [-0.05, 0) is 12.1 Å². The highest BCUT2D eigenvalue weighted by molar-refractivity contribution is 7.89.